The van der Waals surface area contributed by atoms with E-state index in [-0.39, 0.29) is 12.5 Å². The number of aromatic nitrogens is 1. The number of hydrogen-bond donors (Lipinski definition) is 0. The fourth-order valence-electron chi connectivity index (χ4n) is 1.91. The SMILES string of the molecule is CC(C)CN(CC(F)(F)F)C(=O)Cn1cc([N+](=O)[O-])ccc1=O. The molecule has 23 heavy (non-hydrogen) atoms. The minimum absolute atomic E-state index is 0.137. The summed E-state index contributed by atoms with van der Waals surface area (Å²) in [5.74, 6) is -1.14. The Kier molecular flexibility index (Phi) is 5.88. The maximum atomic E-state index is 12.6. The maximum absolute atomic E-state index is 12.6. The Morgan fingerprint density at radius 1 is 1.39 bits per heavy atom. The number of alkyl halides is 3. The van der Waals surface area contributed by atoms with Crippen LogP contribution in [-0.2, 0) is 11.3 Å². The van der Waals surface area contributed by atoms with Crippen LogP contribution in [0, 0.1) is 16.0 Å². The first-order chi connectivity index (χ1) is 10.5. The Hall–Kier alpha value is -2.39. The first kappa shape index (κ1) is 18.7. The Balaban J connectivity index is 3.00. The molecule has 0 aliphatic rings. The molecule has 1 amide bonds. The van der Waals surface area contributed by atoms with Gasteiger partial charge in [-0.1, -0.05) is 13.8 Å². The van der Waals surface area contributed by atoms with Crippen molar-refractivity contribution >= 4 is 11.6 Å². The molecule has 0 radical (unpaired) electrons. The number of pyridine rings is 1. The number of amides is 1. The summed E-state index contributed by atoms with van der Waals surface area (Å²) in [6, 6.07) is 1.85. The average Bonchev–Trinajstić information content (AvgIpc) is 2.38. The summed E-state index contributed by atoms with van der Waals surface area (Å²) in [7, 11) is 0. The number of rotatable bonds is 6. The quantitative estimate of drug-likeness (QED) is 0.586. The highest BCUT2D eigenvalue weighted by Crippen LogP contribution is 2.18. The van der Waals surface area contributed by atoms with E-state index in [4.69, 9.17) is 0 Å². The number of halogens is 3. The van der Waals surface area contributed by atoms with Crippen LogP contribution in [0.3, 0.4) is 0 Å². The van der Waals surface area contributed by atoms with E-state index >= 15 is 0 Å². The van der Waals surface area contributed by atoms with Crippen LogP contribution in [0.15, 0.2) is 23.1 Å². The van der Waals surface area contributed by atoms with E-state index in [2.05, 4.69) is 0 Å². The third-order valence-corrected chi connectivity index (χ3v) is 2.79. The van der Waals surface area contributed by atoms with Crippen LogP contribution in [0.1, 0.15) is 13.8 Å². The zero-order chi connectivity index (χ0) is 17.8. The van der Waals surface area contributed by atoms with Gasteiger partial charge in [-0.3, -0.25) is 24.3 Å². The first-order valence-electron chi connectivity index (χ1n) is 6.69. The number of nitrogens with zero attached hydrogens (tertiary/aromatic N) is 3. The second-order valence-electron chi connectivity index (χ2n) is 5.39. The van der Waals surface area contributed by atoms with Gasteiger partial charge < -0.3 is 4.90 Å². The molecule has 0 spiro atoms. The average molecular weight is 335 g/mol. The summed E-state index contributed by atoms with van der Waals surface area (Å²) in [5, 5.41) is 10.7. The zero-order valence-electron chi connectivity index (χ0n) is 12.5. The Labute approximate surface area is 129 Å². The van der Waals surface area contributed by atoms with Crippen LogP contribution >= 0.6 is 0 Å². The zero-order valence-corrected chi connectivity index (χ0v) is 12.5. The van der Waals surface area contributed by atoms with Gasteiger partial charge in [-0.2, -0.15) is 13.2 Å². The van der Waals surface area contributed by atoms with E-state index in [1.165, 1.54) is 0 Å². The van der Waals surface area contributed by atoms with E-state index < -0.39 is 41.3 Å². The highest BCUT2D eigenvalue weighted by Gasteiger charge is 2.33. The Morgan fingerprint density at radius 3 is 2.48 bits per heavy atom. The lowest BCUT2D eigenvalue weighted by Crippen LogP contribution is -2.43. The summed E-state index contributed by atoms with van der Waals surface area (Å²) in [6.45, 7) is 1.03. The monoisotopic (exact) mass is 335 g/mol. The van der Waals surface area contributed by atoms with Crippen LogP contribution in [0.5, 0.6) is 0 Å². The van der Waals surface area contributed by atoms with Crippen molar-refractivity contribution in [2.75, 3.05) is 13.1 Å². The van der Waals surface area contributed by atoms with Gasteiger partial charge in [0, 0.05) is 18.7 Å². The highest BCUT2D eigenvalue weighted by atomic mass is 19.4. The van der Waals surface area contributed by atoms with Crippen molar-refractivity contribution < 1.29 is 22.9 Å². The molecule has 0 aliphatic carbocycles. The fraction of sp³-hybridized carbons (Fsp3) is 0.538. The van der Waals surface area contributed by atoms with Crippen molar-refractivity contribution in [1.29, 1.82) is 0 Å². The molecule has 0 fully saturated rings. The largest absolute Gasteiger partial charge is 0.406 e. The third-order valence-electron chi connectivity index (χ3n) is 2.79. The van der Waals surface area contributed by atoms with Gasteiger partial charge in [-0.15, -0.1) is 0 Å². The van der Waals surface area contributed by atoms with Gasteiger partial charge in [-0.05, 0) is 5.92 Å². The number of carbonyl (C=O) groups excluding carboxylic acids is 1. The second-order valence-corrected chi connectivity index (χ2v) is 5.39. The molecule has 0 unspecified atom stereocenters. The molecule has 0 N–H and O–H groups in total. The van der Waals surface area contributed by atoms with Crippen LogP contribution in [0.4, 0.5) is 18.9 Å². The molecule has 1 heterocycles. The highest BCUT2D eigenvalue weighted by molar-refractivity contribution is 5.76. The van der Waals surface area contributed by atoms with Gasteiger partial charge in [0.1, 0.15) is 13.1 Å². The molecule has 0 bridgehead atoms. The van der Waals surface area contributed by atoms with Gasteiger partial charge in [0.2, 0.25) is 5.91 Å². The first-order valence-corrected chi connectivity index (χ1v) is 6.69. The standard InChI is InChI=1S/C13H16F3N3O4/c1-9(2)5-18(8-13(14,15)16)12(21)7-17-6-10(19(22)23)3-4-11(17)20/h3-4,6,9H,5,7-8H2,1-2H3. The number of carbonyl (C=O) groups is 1. The predicted octanol–water partition coefficient (Wildman–Crippen LogP) is 1.80. The molecule has 7 nitrogen and oxygen atoms in total. The molecular weight excluding hydrogens is 319 g/mol. The molecule has 1 rings (SSSR count). The normalized spacial score (nSPS) is 11.6. The molecule has 128 valence electrons. The van der Waals surface area contributed by atoms with Gasteiger partial charge in [-0.25, -0.2) is 0 Å². The molecule has 0 aliphatic heterocycles. The summed E-state index contributed by atoms with van der Waals surface area (Å²) in [5.41, 5.74) is -1.14. The van der Waals surface area contributed by atoms with Crippen LogP contribution in [0.25, 0.3) is 0 Å². The van der Waals surface area contributed by atoms with E-state index in [1.807, 2.05) is 0 Å². The van der Waals surface area contributed by atoms with Crippen molar-refractivity contribution in [1.82, 2.24) is 9.47 Å². The lowest BCUT2D eigenvalue weighted by molar-refractivity contribution is -0.385. The van der Waals surface area contributed by atoms with Gasteiger partial charge in [0.05, 0.1) is 11.1 Å². The van der Waals surface area contributed by atoms with Gasteiger partial charge >= 0.3 is 6.18 Å². The van der Waals surface area contributed by atoms with Crippen LogP contribution in [-0.4, -0.2) is 39.6 Å². The van der Waals surface area contributed by atoms with Crippen LogP contribution < -0.4 is 5.56 Å². The van der Waals surface area contributed by atoms with Crippen molar-refractivity contribution in [3.05, 3.63) is 38.8 Å². The van der Waals surface area contributed by atoms with Crippen molar-refractivity contribution in [3.63, 3.8) is 0 Å². The van der Waals surface area contributed by atoms with Crippen molar-refractivity contribution in [2.45, 2.75) is 26.6 Å². The minimum Gasteiger partial charge on any atom is -0.332 e. The smallest absolute Gasteiger partial charge is 0.332 e. The summed E-state index contributed by atoms with van der Waals surface area (Å²) < 4.78 is 38.4. The van der Waals surface area contributed by atoms with E-state index in [9.17, 15) is 32.9 Å². The second kappa shape index (κ2) is 7.25. The van der Waals surface area contributed by atoms with Gasteiger partial charge in [0.15, 0.2) is 0 Å². The Bertz CT molecular complexity index is 640. The molecule has 1 aromatic rings. The summed E-state index contributed by atoms with van der Waals surface area (Å²) in [4.78, 5) is 34.2. The Morgan fingerprint density at radius 2 is 2.00 bits per heavy atom. The predicted molar refractivity (Wildman–Crippen MR) is 74.8 cm³/mol. The molecule has 0 atom stereocenters. The third kappa shape index (κ3) is 6.09. The topological polar surface area (TPSA) is 85.4 Å². The maximum Gasteiger partial charge on any atom is 0.406 e. The minimum atomic E-state index is -4.57. The van der Waals surface area contributed by atoms with E-state index in [0.29, 0.717) is 4.90 Å². The number of nitro groups is 1. The molecular formula is C13H16F3N3O4. The molecule has 10 heteroatoms. The van der Waals surface area contributed by atoms with E-state index in [0.717, 1.165) is 22.9 Å². The fourth-order valence-corrected chi connectivity index (χ4v) is 1.91. The lowest BCUT2D eigenvalue weighted by atomic mass is 10.2. The summed E-state index contributed by atoms with van der Waals surface area (Å²) in [6.07, 6.45) is -3.74. The van der Waals surface area contributed by atoms with Gasteiger partial charge in [0.25, 0.3) is 11.2 Å². The van der Waals surface area contributed by atoms with Crippen molar-refractivity contribution in [3.8, 4) is 0 Å². The number of hydrogen-bond acceptors (Lipinski definition) is 4. The molecule has 0 aromatic carbocycles. The summed E-state index contributed by atoms with van der Waals surface area (Å²) >= 11 is 0. The molecule has 0 saturated heterocycles. The van der Waals surface area contributed by atoms with Crippen molar-refractivity contribution in [2.24, 2.45) is 5.92 Å². The lowest BCUT2D eigenvalue weighted by Gasteiger charge is -2.25. The molecule has 0 saturated carbocycles. The molecule has 1 aromatic heterocycles. The van der Waals surface area contributed by atoms with Crippen LogP contribution in [0.2, 0.25) is 0 Å². The van der Waals surface area contributed by atoms with E-state index in [1.54, 1.807) is 13.8 Å².